The lowest BCUT2D eigenvalue weighted by Gasteiger charge is -2.34. The van der Waals surface area contributed by atoms with Crippen LogP contribution in [0.4, 0.5) is 0 Å². The molecule has 1 aromatic rings. The van der Waals surface area contributed by atoms with Crippen molar-refractivity contribution in [2.45, 2.75) is 29.7 Å². The number of piperazine rings is 1. The molecule has 0 atom stereocenters. The monoisotopic (exact) mass is 314 g/mol. The molecule has 0 N–H and O–H groups in total. The molecular formula is C14H19ClN2O2S. The van der Waals surface area contributed by atoms with Gasteiger partial charge in [-0.1, -0.05) is 12.1 Å². The van der Waals surface area contributed by atoms with Gasteiger partial charge in [-0.25, -0.2) is 8.42 Å². The summed E-state index contributed by atoms with van der Waals surface area (Å²) in [6, 6.07) is 7.63. The standard InChI is InChI=1S/C14H19ClN2O2S/c15-11-12-2-1-3-14(10-12)20(18,19)17-8-6-16(7-9-17)13-4-5-13/h1-3,10,13H,4-9,11H2. The van der Waals surface area contributed by atoms with Gasteiger partial charge < -0.3 is 0 Å². The maximum Gasteiger partial charge on any atom is 0.243 e. The Morgan fingerprint density at radius 3 is 2.45 bits per heavy atom. The molecule has 0 spiro atoms. The molecule has 1 saturated heterocycles. The SMILES string of the molecule is O=S(=O)(c1cccc(CCl)c1)N1CCN(C2CC2)CC1. The number of rotatable bonds is 4. The van der Waals surface area contributed by atoms with E-state index in [1.165, 1.54) is 12.8 Å². The number of hydrogen-bond acceptors (Lipinski definition) is 3. The molecular weight excluding hydrogens is 296 g/mol. The van der Waals surface area contributed by atoms with Crippen molar-refractivity contribution in [3.8, 4) is 0 Å². The van der Waals surface area contributed by atoms with Crippen LogP contribution >= 0.6 is 11.6 Å². The Morgan fingerprint density at radius 2 is 1.85 bits per heavy atom. The van der Waals surface area contributed by atoms with Gasteiger partial charge in [0, 0.05) is 38.1 Å². The van der Waals surface area contributed by atoms with Crippen molar-refractivity contribution in [1.29, 1.82) is 0 Å². The summed E-state index contributed by atoms with van der Waals surface area (Å²) < 4.78 is 26.8. The van der Waals surface area contributed by atoms with Gasteiger partial charge in [0.2, 0.25) is 10.0 Å². The van der Waals surface area contributed by atoms with Crippen LogP contribution in [-0.2, 0) is 15.9 Å². The second-order valence-corrected chi connectivity index (χ2v) is 7.66. The van der Waals surface area contributed by atoms with E-state index >= 15 is 0 Å². The molecule has 1 saturated carbocycles. The lowest BCUT2D eigenvalue weighted by atomic mass is 10.2. The lowest BCUT2D eigenvalue weighted by Crippen LogP contribution is -2.49. The van der Waals surface area contributed by atoms with E-state index in [9.17, 15) is 8.42 Å². The van der Waals surface area contributed by atoms with Crippen molar-refractivity contribution < 1.29 is 8.42 Å². The van der Waals surface area contributed by atoms with E-state index in [4.69, 9.17) is 11.6 Å². The molecule has 3 rings (SSSR count). The summed E-state index contributed by atoms with van der Waals surface area (Å²) in [5.41, 5.74) is 0.837. The molecule has 20 heavy (non-hydrogen) atoms. The molecule has 2 fully saturated rings. The second-order valence-electron chi connectivity index (χ2n) is 5.45. The predicted molar refractivity (Wildman–Crippen MR) is 79.4 cm³/mol. The highest BCUT2D eigenvalue weighted by Gasteiger charge is 2.34. The summed E-state index contributed by atoms with van der Waals surface area (Å²) in [4.78, 5) is 2.76. The average Bonchev–Trinajstić information content (AvgIpc) is 3.32. The second kappa shape index (κ2) is 5.64. The quantitative estimate of drug-likeness (QED) is 0.797. The minimum atomic E-state index is -3.38. The van der Waals surface area contributed by atoms with E-state index in [1.54, 1.807) is 22.5 Å². The van der Waals surface area contributed by atoms with E-state index in [1.807, 2.05) is 6.07 Å². The third-order valence-electron chi connectivity index (χ3n) is 4.03. The summed E-state index contributed by atoms with van der Waals surface area (Å²) in [5, 5.41) is 0. The van der Waals surface area contributed by atoms with Gasteiger partial charge >= 0.3 is 0 Å². The molecule has 0 aromatic heterocycles. The first-order valence-electron chi connectivity index (χ1n) is 7.00. The Labute approximate surface area is 125 Å². The minimum Gasteiger partial charge on any atom is -0.298 e. The number of hydrogen-bond donors (Lipinski definition) is 0. The first kappa shape index (κ1) is 14.3. The van der Waals surface area contributed by atoms with Crippen molar-refractivity contribution in [2.24, 2.45) is 0 Å². The Morgan fingerprint density at radius 1 is 1.15 bits per heavy atom. The van der Waals surface area contributed by atoms with Crippen LogP contribution in [0, 0.1) is 0 Å². The first-order chi connectivity index (χ1) is 9.61. The zero-order valence-corrected chi connectivity index (χ0v) is 12.9. The third kappa shape index (κ3) is 2.86. The summed E-state index contributed by atoms with van der Waals surface area (Å²) in [7, 11) is -3.38. The lowest BCUT2D eigenvalue weighted by molar-refractivity contribution is 0.180. The summed E-state index contributed by atoms with van der Waals surface area (Å²) in [6.45, 7) is 2.87. The number of nitrogens with zero attached hydrogens (tertiary/aromatic N) is 2. The molecule has 0 radical (unpaired) electrons. The highest BCUT2D eigenvalue weighted by atomic mass is 35.5. The topological polar surface area (TPSA) is 40.6 Å². The van der Waals surface area contributed by atoms with Gasteiger partial charge in [-0.05, 0) is 30.5 Å². The van der Waals surface area contributed by atoms with E-state index in [0.717, 1.165) is 18.7 Å². The van der Waals surface area contributed by atoms with Crippen molar-refractivity contribution in [2.75, 3.05) is 26.2 Å². The largest absolute Gasteiger partial charge is 0.298 e. The molecule has 0 amide bonds. The van der Waals surface area contributed by atoms with Crippen LogP contribution in [0.25, 0.3) is 0 Å². The Bertz CT molecular complexity index is 579. The van der Waals surface area contributed by atoms with Gasteiger partial charge in [0.15, 0.2) is 0 Å². The zero-order valence-electron chi connectivity index (χ0n) is 11.3. The fourth-order valence-electron chi connectivity index (χ4n) is 2.69. The maximum atomic E-state index is 12.6. The van der Waals surface area contributed by atoms with Crippen LogP contribution in [0.5, 0.6) is 0 Å². The number of alkyl halides is 1. The molecule has 2 aliphatic rings. The van der Waals surface area contributed by atoms with Gasteiger partial charge in [-0.3, -0.25) is 4.90 Å². The van der Waals surface area contributed by atoms with Crippen LogP contribution in [0.1, 0.15) is 18.4 Å². The molecule has 6 heteroatoms. The van der Waals surface area contributed by atoms with Crippen LogP contribution in [0.2, 0.25) is 0 Å². The van der Waals surface area contributed by atoms with Crippen molar-refractivity contribution in [1.82, 2.24) is 9.21 Å². The first-order valence-corrected chi connectivity index (χ1v) is 8.98. The van der Waals surface area contributed by atoms with Gasteiger partial charge in [-0.15, -0.1) is 11.6 Å². The fraction of sp³-hybridized carbons (Fsp3) is 0.571. The van der Waals surface area contributed by atoms with Crippen LogP contribution < -0.4 is 0 Å². The van der Waals surface area contributed by atoms with Crippen LogP contribution in [0.3, 0.4) is 0 Å². The minimum absolute atomic E-state index is 0.332. The van der Waals surface area contributed by atoms with E-state index in [0.29, 0.717) is 29.9 Å². The molecule has 1 aliphatic heterocycles. The maximum absolute atomic E-state index is 12.6. The Kier molecular flexibility index (Phi) is 4.04. The Balaban J connectivity index is 1.74. The van der Waals surface area contributed by atoms with Crippen molar-refractivity contribution in [3.63, 3.8) is 0 Å². The number of benzene rings is 1. The molecule has 1 aromatic carbocycles. The smallest absolute Gasteiger partial charge is 0.243 e. The van der Waals surface area contributed by atoms with Gasteiger partial charge in [-0.2, -0.15) is 4.31 Å². The predicted octanol–water partition coefficient (Wildman–Crippen LogP) is 1.89. The van der Waals surface area contributed by atoms with Gasteiger partial charge in [0.05, 0.1) is 4.90 Å². The molecule has 1 heterocycles. The number of halogens is 1. The summed E-state index contributed by atoms with van der Waals surface area (Å²) >= 11 is 5.78. The van der Waals surface area contributed by atoms with Crippen molar-refractivity contribution in [3.05, 3.63) is 29.8 Å². The molecule has 0 unspecified atom stereocenters. The van der Waals surface area contributed by atoms with Crippen LogP contribution in [0.15, 0.2) is 29.2 Å². The normalized spacial score (nSPS) is 22.1. The molecule has 1 aliphatic carbocycles. The third-order valence-corrected chi connectivity index (χ3v) is 6.23. The highest BCUT2D eigenvalue weighted by molar-refractivity contribution is 7.89. The average molecular weight is 315 g/mol. The van der Waals surface area contributed by atoms with Crippen LogP contribution in [-0.4, -0.2) is 49.8 Å². The fourth-order valence-corrected chi connectivity index (χ4v) is 4.35. The number of sulfonamides is 1. The van der Waals surface area contributed by atoms with Crippen molar-refractivity contribution >= 4 is 21.6 Å². The van der Waals surface area contributed by atoms with E-state index in [-0.39, 0.29) is 0 Å². The van der Waals surface area contributed by atoms with Gasteiger partial charge in [0.1, 0.15) is 0 Å². The molecule has 4 nitrogen and oxygen atoms in total. The van der Waals surface area contributed by atoms with E-state index < -0.39 is 10.0 Å². The summed E-state index contributed by atoms with van der Waals surface area (Å²) in [6.07, 6.45) is 2.54. The Hall–Kier alpha value is -0.620. The molecule has 0 bridgehead atoms. The zero-order chi connectivity index (χ0) is 14.2. The highest BCUT2D eigenvalue weighted by Crippen LogP contribution is 2.28. The molecule has 110 valence electrons. The van der Waals surface area contributed by atoms with Gasteiger partial charge in [0.25, 0.3) is 0 Å². The summed E-state index contributed by atoms with van der Waals surface area (Å²) in [5.74, 6) is 0.332. The van der Waals surface area contributed by atoms with E-state index in [2.05, 4.69) is 4.90 Å².